The molecule has 0 radical (unpaired) electrons. The van der Waals surface area contributed by atoms with Crippen molar-refractivity contribution in [3.05, 3.63) is 41.5 Å². The van der Waals surface area contributed by atoms with Crippen LogP contribution >= 0.6 is 0 Å². The first kappa shape index (κ1) is 16.1. The molecule has 1 aromatic rings. The van der Waals surface area contributed by atoms with E-state index in [9.17, 15) is 9.59 Å². The molecule has 118 valence electrons. The number of benzene rings is 1. The van der Waals surface area contributed by atoms with Crippen LogP contribution in [0.15, 0.2) is 30.4 Å². The van der Waals surface area contributed by atoms with Gasteiger partial charge in [0.2, 0.25) is 5.91 Å². The first-order chi connectivity index (χ1) is 10.5. The van der Waals surface area contributed by atoms with Gasteiger partial charge in [-0.05, 0) is 44.2 Å². The lowest BCUT2D eigenvalue weighted by Gasteiger charge is -2.12. The summed E-state index contributed by atoms with van der Waals surface area (Å²) < 4.78 is 0. The van der Waals surface area contributed by atoms with Gasteiger partial charge in [-0.2, -0.15) is 0 Å². The van der Waals surface area contributed by atoms with Crippen LogP contribution in [0.25, 0.3) is 0 Å². The van der Waals surface area contributed by atoms with Crippen LogP contribution in [-0.2, 0) is 9.59 Å². The van der Waals surface area contributed by atoms with Crippen molar-refractivity contribution in [1.82, 2.24) is 10.9 Å². The van der Waals surface area contributed by atoms with Crippen LogP contribution in [0.2, 0.25) is 0 Å². The zero-order valence-electron chi connectivity index (χ0n) is 13.1. The highest BCUT2D eigenvalue weighted by Crippen LogP contribution is 2.19. The molecule has 0 fully saturated rings. The molecule has 0 saturated carbocycles. The number of hydrazine groups is 1. The lowest BCUT2D eigenvalue weighted by atomic mass is 10.1. The molecule has 0 aliphatic heterocycles. The van der Waals surface area contributed by atoms with Gasteiger partial charge < -0.3 is 5.32 Å². The predicted octanol–water partition coefficient (Wildman–Crippen LogP) is 2.22. The van der Waals surface area contributed by atoms with E-state index in [4.69, 9.17) is 0 Å². The summed E-state index contributed by atoms with van der Waals surface area (Å²) >= 11 is 0. The lowest BCUT2D eigenvalue weighted by Crippen LogP contribution is -2.44. The quantitative estimate of drug-likeness (QED) is 0.577. The fourth-order valence-corrected chi connectivity index (χ4v) is 2.53. The average molecular weight is 301 g/mol. The summed E-state index contributed by atoms with van der Waals surface area (Å²) in [4.78, 5) is 23.4. The molecule has 5 heteroatoms. The highest BCUT2D eigenvalue weighted by Gasteiger charge is 2.14. The van der Waals surface area contributed by atoms with Gasteiger partial charge in [-0.25, -0.2) is 0 Å². The summed E-state index contributed by atoms with van der Waals surface area (Å²) in [7, 11) is 0. The van der Waals surface area contributed by atoms with Gasteiger partial charge in [0.15, 0.2) is 0 Å². The largest absolute Gasteiger partial charge is 0.376 e. The zero-order valence-corrected chi connectivity index (χ0v) is 13.1. The molecular weight excluding hydrogens is 278 g/mol. The van der Waals surface area contributed by atoms with E-state index in [-0.39, 0.29) is 18.4 Å². The first-order valence-corrected chi connectivity index (χ1v) is 7.60. The van der Waals surface area contributed by atoms with Gasteiger partial charge in [0, 0.05) is 12.1 Å². The summed E-state index contributed by atoms with van der Waals surface area (Å²) in [6.45, 7) is 4.14. The van der Waals surface area contributed by atoms with Crippen molar-refractivity contribution >= 4 is 17.5 Å². The van der Waals surface area contributed by atoms with Crippen LogP contribution in [0.4, 0.5) is 5.69 Å². The second kappa shape index (κ2) is 7.64. The predicted molar refractivity (Wildman–Crippen MR) is 87.2 cm³/mol. The maximum Gasteiger partial charge on any atom is 0.257 e. The summed E-state index contributed by atoms with van der Waals surface area (Å²) in [5.74, 6) is -0.128. The molecule has 0 heterocycles. The second-order valence-corrected chi connectivity index (χ2v) is 5.74. The lowest BCUT2D eigenvalue weighted by molar-refractivity contribution is -0.128. The Hall–Kier alpha value is -2.30. The second-order valence-electron chi connectivity index (χ2n) is 5.74. The van der Waals surface area contributed by atoms with Crippen molar-refractivity contribution in [2.75, 3.05) is 11.9 Å². The van der Waals surface area contributed by atoms with Gasteiger partial charge in [-0.3, -0.25) is 20.4 Å². The summed E-state index contributed by atoms with van der Waals surface area (Å²) in [5.41, 5.74) is 8.08. The highest BCUT2D eigenvalue weighted by molar-refractivity contribution is 5.84. The Morgan fingerprint density at radius 3 is 2.64 bits per heavy atom. The van der Waals surface area contributed by atoms with Crippen LogP contribution in [-0.4, -0.2) is 18.4 Å². The highest BCUT2D eigenvalue weighted by atomic mass is 16.2. The number of hydrogen-bond acceptors (Lipinski definition) is 3. The SMILES string of the molecule is Cc1ccc(NCC(=O)NNC(=O)CC2C=CCC2)c(C)c1. The molecule has 0 saturated heterocycles. The molecule has 1 atom stereocenters. The Bertz CT molecular complexity index is 581. The third-order valence-corrected chi connectivity index (χ3v) is 3.72. The van der Waals surface area contributed by atoms with Gasteiger partial charge >= 0.3 is 0 Å². The number of anilines is 1. The number of carbonyl (C=O) groups is 2. The molecule has 1 aromatic carbocycles. The molecule has 1 aliphatic carbocycles. The van der Waals surface area contributed by atoms with Gasteiger partial charge in [-0.1, -0.05) is 29.8 Å². The number of amides is 2. The molecule has 3 N–H and O–H groups in total. The van der Waals surface area contributed by atoms with E-state index in [0.717, 1.165) is 24.1 Å². The minimum atomic E-state index is -0.268. The van der Waals surface area contributed by atoms with E-state index < -0.39 is 0 Å². The molecule has 0 spiro atoms. The average Bonchev–Trinajstić information content (AvgIpc) is 2.97. The fourth-order valence-electron chi connectivity index (χ4n) is 2.53. The fraction of sp³-hybridized carbons (Fsp3) is 0.412. The third kappa shape index (κ3) is 4.91. The third-order valence-electron chi connectivity index (χ3n) is 3.72. The van der Waals surface area contributed by atoms with Crippen LogP contribution in [0.1, 0.15) is 30.4 Å². The zero-order chi connectivity index (χ0) is 15.9. The van der Waals surface area contributed by atoms with Crippen LogP contribution < -0.4 is 16.2 Å². The normalized spacial score (nSPS) is 16.4. The standard InChI is InChI=1S/C17H23N3O2/c1-12-7-8-15(13(2)9-12)18-11-17(22)20-19-16(21)10-14-5-3-4-6-14/h3,5,7-9,14,18H,4,6,10-11H2,1-2H3,(H,19,21)(H,20,22). The molecule has 0 bridgehead atoms. The summed E-state index contributed by atoms with van der Waals surface area (Å²) in [5, 5.41) is 3.06. The molecule has 5 nitrogen and oxygen atoms in total. The summed E-state index contributed by atoms with van der Waals surface area (Å²) in [6.07, 6.45) is 6.61. The molecule has 1 unspecified atom stereocenters. The van der Waals surface area contributed by atoms with E-state index in [0.29, 0.717) is 12.3 Å². The van der Waals surface area contributed by atoms with Crippen molar-refractivity contribution in [3.63, 3.8) is 0 Å². The maximum absolute atomic E-state index is 11.7. The molecule has 2 amide bonds. The molecule has 0 aromatic heterocycles. The Kier molecular flexibility index (Phi) is 5.58. The monoisotopic (exact) mass is 301 g/mol. The number of carbonyl (C=O) groups excluding carboxylic acids is 2. The number of allylic oxidation sites excluding steroid dienone is 2. The number of hydrogen-bond donors (Lipinski definition) is 3. The molecule has 1 aliphatic rings. The van der Waals surface area contributed by atoms with Crippen molar-refractivity contribution < 1.29 is 9.59 Å². The first-order valence-electron chi connectivity index (χ1n) is 7.60. The van der Waals surface area contributed by atoms with E-state index in [1.807, 2.05) is 26.0 Å². The minimum absolute atomic E-state index is 0.119. The van der Waals surface area contributed by atoms with Crippen LogP contribution in [0.5, 0.6) is 0 Å². The van der Waals surface area contributed by atoms with Gasteiger partial charge in [0.05, 0.1) is 6.54 Å². The topological polar surface area (TPSA) is 70.2 Å². The van der Waals surface area contributed by atoms with Gasteiger partial charge in [0.1, 0.15) is 0 Å². The maximum atomic E-state index is 11.7. The molecule has 22 heavy (non-hydrogen) atoms. The Balaban J connectivity index is 1.69. The molecule has 2 rings (SSSR count). The Morgan fingerprint density at radius 2 is 1.95 bits per heavy atom. The van der Waals surface area contributed by atoms with Crippen molar-refractivity contribution in [2.24, 2.45) is 5.92 Å². The summed E-state index contributed by atoms with van der Waals surface area (Å²) in [6, 6.07) is 5.99. The van der Waals surface area contributed by atoms with Gasteiger partial charge in [0.25, 0.3) is 5.91 Å². The van der Waals surface area contributed by atoms with Crippen molar-refractivity contribution in [1.29, 1.82) is 0 Å². The molecular formula is C17H23N3O2. The van der Waals surface area contributed by atoms with Crippen LogP contribution in [0.3, 0.4) is 0 Å². The minimum Gasteiger partial charge on any atom is -0.376 e. The Labute approximate surface area is 131 Å². The van der Waals surface area contributed by atoms with Crippen LogP contribution in [0, 0.1) is 19.8 Å². The van der Waals surface area contributed by atoms with Gasteiger partial charge in [-0.15, -0.1) is 0 Å². The number of aryl methyl sites for hydroxylation is 2. The van der Waals surface area contributed by atoms with E-state index in [2.05, 4.69) is 34.4 Å². The van der Waals surface area contributed by atoms with Crippen molar-refractivity contribution in [3.8, 4) is 0 Å². The number of rotatable bonds is 5. The van der Waals surface area contributed by atoms with E-state index >= 15 is 0 Å². The number of nitrogens with one attached hydrogen (secondary N) is 3. The van der Waals surface area contributed by atoms with E-state index in [1.54, 1.807) is 0 Å². The Morgan fingerprint density at radius 1 is 1.18 bits per heavy atom. The smallest absolute Gasteiger partial charge is 0.257 e. The van der Waals surface area contributed by atoms with Crippen molar-refractivity contribution in [2.45, 2.75) is 33.1 Å². The van der Waals surface area contributed by atoms with E-state index in [1.165, 1.54) is 5.56 Å².